The van der Waals surface area contributed by atoms with Crippen LogP contribution >= 0.6 is 0 Å². The minimum absolute atomic E-state index is 0.310. The molecule has 0 aliphatic rings. The van der Waals surface area contributed by atoms with Crippen molar-refractivity contribution in [1.82, 2.24) is 0 Å². The third-order valence-corrected chi connectivity index (χ3v) is 2.20. The van der Waals surface area contributed by atoms with Gasteiger partial charge in [-0.1, -0.05) is 32.6 Å². The summed E-state index contributed by atoms with van der Waals surface area (Å²) in [6.45, 7) is 8.08. The third-order valence-electron chi connectivity index (χ3n) is 2.20. The van der Waals surface area contributed by atoms with Crippen LogP contribution in [0.4, 0.5) is 0 Å². The standard InChI is InChI=1S/C12H14O2/c1-8(2)9(3)10-4-6-11(7-5-10)12(13)14/h4-8H,3H2,1-2H3,(H,13,14). The number of carboxylic acids is 1. The third kappa shape index (κ3) is 2.22. The molecule has 0 amide bonds. The van der Waals surface area contributed by atoms with Gasteiger partial charge >= 0.3 is 5.97 Å². The fourth-order valence-corrected chi connectivity index (χ4v) is 1.16. The van der Waals surface area contributed by atoms with Gasteiger partial charge in [0.1, 0.15) is 0 Å². The molecule has 0 aliphatic heterocycles. The number of aromatic carboxylic acids is 1. The van der Waals surface area contributed by atoms with Crippen LogP contribution in [-0.4, -0.2) is 11.1 Å². The monoisotopic (exact) mass is 190 g/mol. The van der Waals surface area contributed by atoms with Crippen LogP contribution in [0.2, 0.25) is 0 Å². The van der Waals surface area contributed by atoms with Gasteiger partial charge in [0.25, 0.3) is 0 Å². The van der Waals surface area contributed by atoms with Crippen molar-refractivity contribution in [2.24, 2.45) is 5.92 Å². The van der Waals surface area contributed by atoms with E-state index in [4.69, 9.17) is 5.11 Å². The van der Waals surface area contributed by atoms with E-state index >= 15 is 0 Å². The van der Waals surface area contributed by atoms with Gasteiger partial charge in [-0.15, -0.1) is 0 Å². The van der Waals surface area contributed by atoms with Crippen LogP contribution in [0.3, 0.4) is 0 Å². The number of hydrogen-bond acceptors (Lipinski definition) is 1. The molecule has 0 heterocycles. The first-order valence-electron chi connectivity index (χ1n) is 4.55. The Kier molecular flexibility index (Phi) is 3.07. The van der Waals surface area contributed by atoms with Crippen LogP contribution in [0.5, 0.6) is 0 Å². The van der Waals surface area contributed by atoms with E-state index in [9.17, 15) is 4.79 Å². The van der Waals surface area contributed by atoms with E-state index in [0.717, 1.165) is 11.1 Å². The first-order chi connectivity index (χ1) is 6.52. The largest absolute Gasteiger partial charge is 0.478 e. The molecule has 1 aromatic carbocycles. The van der Waals surface area contributed by atoms with E-state index in [1.165, 1.54) is 0 Å². The molecule has 14 heavy (non-hydrogen) atoms. The van der Waals surface area contributed by atoms with Gasteiger partial charge in [0.15, 0.2) is 0 Å². The van der Waals surface area contributed by atoms with Crippen molar-refractivity contribution in [1.29, 1.82) is 0 Å². The number of carbonyl (C=O) groups is 1. The molecule has 0 fully saturated rings. The molecule has 74 valence electrons. The number of carboxylic acid groups (broad SMARTS) is 1. The Morgan fingerprint density at radius 3 is 2.00 bits per heavy atom. The maximum absolute atomic E-state index is 10.6. The summed E-state index contributed by atoms with van der Waals surface area (Å²) >= 11 is 0. The molecule has 1 aromatic rings. The van der Waals surface area contributed by atoms with E-state index in [2.05, 4.69) is 20.4 Å². The highest BCUT2D eigenvalue weighted by Crippen LogP contribution is 2.20. The second-order valence-corrected chi connectivity index (χ2v) is 3.56. The highest BCUT2D eigenvalue weighted by atomic mass is 16.4. The SMILES string of the molecule is C=C(c1ccc(C(=O)O)cc1)C(C)C. The van der Waals surface area contributed by atoms with E-state index < -0.39 is 5.97 Å². The number of hydrogen-bond donors (Lipinski definition) is 1. The molecule has 2 heteroatoms. The molecule has 0 saturated carbocycles. The molecule has 0 saturated heterocycles. The summed E-state index contributed by atoms with van der Waals surface area (Å²) in [5.41, 5.74) is 2.34. The highest BCUT2D eigenvalue weighted by Gasteiger charge is 2.05. The van der Waals surface area contributed by atoms with Gasteiger partial charge in [-0.05, 0) is 29.2 Å². The summed E-state index contributed by atoms with van der Waals surface area (Å²) in [6, 6.07) is 6.80. The van der Waals surface area contributed by atoms with Crippen molar-refractivity contribution in [3.8, 4) is 0 Å². The Morgan fingerprint density at radius 2 is 1.64 bits per heavy atom. The summed E-state index contributed by atoms with van der Waals surface area (Å²) in [6.07, 6.45) is 0. The molecule has 0 unspecified atom stereocenters. The van der Waals surface area contributed by atoms with E-state index in [1.54, 1.807) is 24.3 Å². The molecule has 1 rings (SSSR count). The van der Waals surface area contributed by atoms with Crippen molar-refractivity contribution >= 4 is 11.5 Å². The number of allylic oxidation sites excluding steroid dienone is 1. The Labute approximate surface area is 83.9 Å². The molecule has 0 bridgehead atoms. The second kappa shape index (κ2) is 4.09. The Morgan fingerprint density at radius 1 is 1.21 bits per heavy atom. The lowest BCUT2D eigenvalue weighted by Crippen LogP contribution is -1.97. The van der Waals surface area contributed by atoms with Gasteiger partial charge in [0.05, 0.1) is 5.56 Å². The topological polar surface area (TPSA) is 37.3 Å². The zero-order valence-corrected chi connectivity index (χ0v) is 8.45. The molecule has 0 spiro atoms. The molecule has 0 radical (unpaired) electrons. The van der Waals surface area contributed by atoms with Gasteiger partial charge in [0.2, 0.25) is 0 Å². The van der Waals surface area contributed by atoms with E-state index in [-0.39, 0.29) is 0 Å². The summed E-state index contributed by atoms with van der Waals surface area (Å²) in [4.78, 5) is 10.6. The minimum Gasteiger partial charge on any atom is -0.478 e. The van der Waals surface area contributed by atoms with Gasteiger partial charge in [-0.25, -0.2) is 4.79 Å². The number of rotatable bonds is 3. The lowest BCUT2D eigenvalue weighted by Gasteiger charge is -2.09. The summed E-state index contributed by atoms with van der Waals surface area (Å²) in [5.74, 6) is -0.516. The maximum atomic E-state index is 10.6. The van der Waals surface area contributed by atoms with Gasteiger partial charge in [-0.3, -0.25) is 0 Å². The zero-order valence-electron chi connectivity index (χ0n) is 8.45. The Bertz CT molecular complexity index is 347. The van der Waals surface area contributed by atoms with Crippen LogP contribution < -0.4 is 0 Å². The predicted molar refractivity (Wildman–Crippen MR) is 57.3 cm³/mol. The average Bonchev–Trinajstić information content (AvgIpc) is 2.16. The normalized spacial score (nSPS) is 10.2. The summed E-state index contributed by atoms with van der Waals surface area (Å²) < 4.78 is 0. The molecule has 0 aliphatic carbocycles. The first-order valence-corrected chi connectivity index (χ1v) is 4.55. The lowest BCUT2D eigenvalue weighted by atomic mass is 9.96. The Hall–Kier alpha value is -1.57. The quantitative estimate of drug-likeness (QED) is 0.795. The van der Waals surface area contributed by atoms with Crippen LogP contribution in [0.1, 0.15) is 29.8 Å². The van der Waals surface area contributed by atoms with Crippen LogP contribution in [0.25, 0.3) is 5.57 Å². The van der Waals surface area contributed by atoms with Gasteiger partial charge < -0.3 is 5.11 Å². The number of benzene rings is 1. The fraction of sp³-hybridized carbons (Fsp3) is 0.250. The first kappa shape index (κ1) is 10.5. The van der Waals surface area contributed by atoms with E-state index in [1.807, 2.05) is 0 Å². The van der Waals surface area contributed by atoms with Crippen molar-refractivity contribution in [2.75, 3.05) is 0 Å². The van der Waals surface area contributed by atoms with Gasteiger partial charge in [0, 0.05) is 0 Å². The molecule has 2 nitrogen and oxygen atoms in total. The van der Waals surface area contributed by atoms with Crippen molar-refractivity contribution < 1.29 is 9.90 Å². The fourth-order valence-electron chi connectivity index (χ4n) is 1.16. The van der Waals surface area contributed by atoms with Crippen LogP contribution in [0, 0.1) is 5.92 Å². The zero-order chi connectivity index (χ0) is 10.7. The second-order valence-electron chi connectivity index (χ2n) is 3.56. The molecule has 0 atom stereocenters. The Balaban J connectivity index is 2.94. The smallest absolute Gasteiger partial charge is 0.335 e. The van der Waals surface area contributed by atoms with Gasteiger partial charge in [-0.2, -0.15) is 0 Å². The molecule has 0 aromatic heterocycles. The van der Waals surface area contributed by atoms with Crippen molar-refractivity contribution in [3.05, 3.63) is 42.0 Å². The van der Waals surface area contributed by atoms with Crippen LogP contribution in [0.15, 0.2) is 30.8 Å². The molecular formula is C12H14O2. The van der Waals surface area contributed by atoms with Crippen LogP contribution in [-0.2, 0) is 0 Å². The van der Waals surface area contributed by atoms with Crippen molar-refractivity contribution in [2.45, 2.75) is 13.8 Å². The maximum Gasteiger partial charge on any atom is 0.335 e. The van der Waals surface area contributed by atoms with Crippen molar-refractivity contribution in [3.63, 3.8) is 0 Å². The van der Waals surface area contributed by atoms with E-state index in [0.29, 0.717) is 11.5 Å². The lowest BCUT2D eigenvalue weighted by molar-refractivity contribution is 0.0697. The molecular weight excluding hydrogens is 176 g/mol. The summed E-state index contributed by atoms with van der Waals surface area (Å²) in [7, 11) is 0. The minimum atomic E-state index is -0.897. The average molecular weight is 190 g/mol. The summed E-state index contributed by atoms with van der Waals surface area (Å²) in [5, 5.41) is 8.70. The predicted octanol–water partition coefficient (Wildman–Crippen LogP) is 3.05. The highest BCUT2D eigenvalue weighted by molar-refractivity contribution is 5.88. The molecule has 1 N–H and O–H groups in total.